The van der Waals surface area contributed by atoms with E-state index in [1.807, 2.05) is 0 Å². The van der Waals surface area contributed by atoms with Gasteiger partial charge in [0.2, 0.25) is 0 Å². The number of non-ortho nitro benzene ring substituents is 2. The predicted molar refractivity (Wildman–Crippen MR) is 70.4 cm³/mol. The summed E-state index contributed by atoms with van der Waals surface area (Å²) in [4.78, 5) is 21.9. The van der Waals surface area contributed by atoms with Crippen LogP contribution in [0.4, 0.5) is 11.4 Å². The van der Waals surface area contributed by atoms with Crippen LogP contribution in [-0.4, -0.2) is 9.85 Å². The van der Waals surface area contributed by atoms with Gasteiger partial charge in [-0.3, -0.25) is 20.2 Å². The normalized spacial score (nSPS) is 12.0. The molecule has 2 aromatic carbocycles. The van der Waals surface area contributed by atoms with E-state index < -0.39 is 9.85 Å². The van der Waals surface area contributed by atoms with Crippen molar-refractivity contribution < 1.29 is 14.6 Å². The van der Waals surface area contributed by atoms with Gasteiger partial charge in [0.05, 0.1) is 31.8 Å². The Hall–Kier alpha value is -2.61. The molecule has 2 aromatic rings. The summed E-state index contributed by atoms with van der Waals surface area (Å²) in [6, 6.07) is 8.61. The highest BCUT2D eigenvalue weighted by Crippen LogP contribution is 2.48. The molecule has 7 nitrogen and oxygen atoms in total. The van der Waals surface area contributed by atoms with Crippen LogP contribution >= 0.6 is 11.8 Å². The van der Waals surface area contributed by atoms with Gasteiger partial charge in [-0.2, -0.15) is 0 Å². The Bertz CT molecular complexity index is 685. The average Bonchev–Trinajstić information content (AvgIpc) is 2.43. The second-order valence-electron chi connectivity index (χ2n) is 3.98. The molecule has 0 bridgehead atoms. The van der Waals surface area contributed by atoms with E-state index in [4.69, 9.17) is 4.74 Å². The molecule has 1 aliphatic heterocycles. The molecule has 0 saturated heterocycles. The summed E-state index contributed by atoms with van der Waals surface area (Å²) < 4.78 is 5.53. The van der Waals surface area contributed by atoms with Crippen LogP contribution in [0.1, 0.15) is 0 Å². The minimum Gasteiger partial charge on any atom is -0.454 e. The van der Waals surface area contributed by atoms with Crippen LogP contribution < -0.4 is 4.74 Å². The zero-order valence-electron chi connectivity index (χ0n) is 9.81. The van der Waals surface area contributed by atoms with Crippen molar-refractivity contribution in [2.24, 2.45) is 0 Å². The number of nitrogens with zero attached hydrogens (tertiary/aromatic N) is 2. The van der Waals surface area contributed by atoms with Gasteiger partial charge in [0.1, 0.15) is 11.5 Å². The van der Waals surface area contributed by atoms with Crippen LogP contribution in [0.3, 0.4) is 0 Å². The predicted octanol–water partition coefficient (Wildman–Crippen LogP) is 3.76. The lowest BCUT2D eigenvalue weighted by Gasteiger charge is -2.18. The third-order valence-corrected chi connectivity index (χ3v) is 3.83. The fraction of sp³-hybridized carbons (Fsp3) is 0. The lowest BCUT2D eigenvalue weighted by molar-refractivity contribution is -0.385. The van der Waals surface area contributed by atoms with Gasteiger partial charge in [-0.25, -0.2) is 0 Å². The first-order valence-electron chi connectivity index (χ1n) is 5.47. The molecule has 0 radical (unpaired) electrons. The molecule has 0 N–H and O–H groups in total. The smallest absolute Gasteiger partial charge is 0.273 e. The molecule has 0 aliphatic carbocycles. The Morgan fingerprint density at radius 1 is 0.850 bits per heavy atom. The number of hydrogen-bond acceptors (Lipinski definition) is 6. The Morgan fingerprint density at radius 3 is 1.70 bits per heavy atom. The highest BCUT2D eigenvalue weighted by Gasteiger charge is 2.22. The first-order chi connectivity index (χ1) is 9.54. The molecule has 0 atom stereocenters. The van der Waals surface area contributed by atoms with Crippen molar-refractivity contribution in [3.63, 3.8) is 0 Å². The summed E-state index contributed by atoms with van der Waals surface area (Å²) in [7, 11) is 0. The number of nitro groups is 2. The van der Waals surface area contributed by atoms with Crippen molar-refractivity contribution in [3.05, 3.63) is 56.6 Å². The van der Waals surface area contributed by atoms with Crippen LogP contribution in [0.2, 0.25) is 0 Å². The first-order valence-corrected chi connectivity index (χ1v) is 6.29. The number of benzene rings is 2. The Labute approximate surface area is 116 Å². The van der Waals surface area contributed by atoms with E-state index in [1.165, 1.54) is 36.0 Å². The van der Waals surface area contributed by atoms with Crippen molar-refractivity contribution in [1.82, 2.24) is 0 Å². The summed E-state index contributed by atoms with van der Waals surface area (Å²) >= 11 is 1.35. The minimum atomic E-state index is -0.517. The van der Waals surface area contributed by atoms with E-state index in [0.717, 1.165) is 9.79 Å². The molecular weight excluding hydrogens is 284 g/mol. The molecule has 20 heavy (non-hydrogen) atoms. The van der Waals surface area contributed by atoms with Gasteiger partial charge in [0.15, 0.2) is 0 Å². The quantitative estimate of drug-likeness (QED) is 0.526. The topological polar surface area (TPSA) is 95.5 Å². The van der Waals surface area contributed by atoms with E-state index >= 15 is 0 Å². The van der Waals surface area contributed by atoms with Gasteiger partial charge in [-0.05, 0) is 12.1 Å². The van der Waals surface area contributed by atoms with E-state index in [0.29, 0.717) is 11.5 Å². The van der Waals surface area contributed by atoms with E-state index in [9.17, 15) is 20.2 Å². The average molecular weight is 290 g/mol. The van der Waals surface area contributed by atoms with E-state index in [1.54, 1.807) is 12.1 Å². The lowest BCUT2D eigenvalue weighted by Crippen LogP contribution is -1.98. The lowest BCUT2D eigenvalue weighted by atomic mass is 10.2. The zero-order chi connectivity index (χ0) is 14.3. The van der Waals surface area contributed by atoms with Gasteiger partial charge >= 0.3 is 0 Å². The molecule has 0 spiro atoms. The van der Waals surface area contributed by atoms with Crippen molar-refractivity contribution in [3.8, 4) is 11.5 Å². The number of ether oxygens (including phenoxy) is 1. The molecule has 0 amide bonds. The summed E-state index contributed by atoms with van der Waals surface area (Å²) in [5.74, 6) is 0.661. The van der Waals surface area contributed by atoms with Crippen molar-refractivity contribution in [2.75, 3.05) is 0 Å². The monoisotopic (exact) mass is 290 g/mol. The molecule has 0 saturated carbocycles. The summed E-state index contributed by atoms with van der Waals surface area (Å²) in [6.45, 7) is 0. The summed E-state index contributed by atoms with van der Waals surface area (Å²) in [5.41, 5.74) is -0.170. The van der Waals surface area contributed by atoms with Crippen molar-refractivity contribution in [1.29, 1.82) is 0 Å². The van der Waals surface area contributed by atoms with Gasteiger partial charge < -0.3 is 4.74 Å². The Kier molecular flexibility index (Phi) is 2.79. The van der Waals surface area contributed by atoms with Crippen molar-refractivity contribution >= 4 is 23.1 Å². The third kappa shape index (κ3) is 2.05. The molecule has 1 aliphatic rings. The largest absolute Gasteiger partial charge is 0.454 e. The minimum absolute atomic E-state index is 0.0850. The van der Waals surface area contributed by atoms with E-state index in [2.05, 4.69) is 0 Å². The first kappa shape index (κ1) is 12.4. The molecule has 0 unspecified atom stereocenters. The maximum atomic E-state index is 10.7. The molecule has 1 heterocycles. The highest BCUT2D eigenvalue weighted by atomic mass is 32.2. The zero-order valence-corrected chi connectivity index (χ0v) is 10.6. The highest BCUT2D eigenvalue weighted by molar-refractivity contribution is 7.99. The SMILES string of the molecule is O=[N+]([O-])c1ccc2c(c1)Oc1cc([N+](=O)[O-])ccc1S2. The van der Waals surface area contributed by atoms with E-state index in [-0.39, 0.29) is 11.4 Å². The van der Waals surface area contributed by atoms with Gasteiger partial charge in [-0.1, -0.05) is 11.8 Å². The van der Waals surface area contributed by atoms with Crippen LogP contribution in [0.25, 0.3) is 0 Å². The van der Waals surface area contributed by atoms with Crippen molar-refractivity contribution in [2.45, 2.75) is 9.79 Å². The number of hydrogen-bond donors (Lipinski definition) is 0. The summed E-state index contributed by atoms with van der Waals surface area (Å²) in [6.07, 6.45) is 0. The van der Waals surface area contributed by atoms with Gasteiger partial charge in [0.25, 0.3) is 11.4 Å². The second-order valence-corrected chi connectivity index (χ2v) is 5.06. The second kappa shape index (κ2) is 4.49. The van der Waals surface area contributed by atoms with Crippen LogP contribution in [0, 0.1) is 20.2 Å². The molecular formula is C12H6N2O5S. The fourth-order valence-electron chi connectivity index (χ4n) is 1.79. The molecule has 0 aromatic heterocycles. The standard InChI is InChI=1S/C12H6N2O5S/c15-13(16)7-1-3-11-9(5-7)19-10-6-8(14(17)18)2-4-12(10)20-11/h1-6H. The molecule has 8 heteroatoms. The van der Waals surface area contributed by atoms with Crippen LogP contribution in [-0.2, 0) is 0 Å². The molecule has 0 fully saturated rings. The van der Waals surface area contributed by atoms with Gasteiger partial charge in [0, 0.05) is 12.1 Å². The number of fused-ring (bicyclic) bond motifs is 2. The number of nitro benzene ring substituents is 2. The Balaban J connectivity index is 2.03. The van der Waals surface area contributed by atoms with Gasteiger partial charge in [-0.15, -0.1) is 0 Å². The molecule has 100 valence electrons. The fourth-order valence-corrected chi connectivity index (χ4v) is 2.70. The van der Waals surface area contributed by atoms with Crippen LogP contribution in [0.15, 0.2) is 46.2 Å². The maximum absolute atomic E-state index is 10.7. The Morgan fingerprint density at radius 2 is 1.30 bits per heavy atom. The number of rotatable bonds is 2. The third-order valence-electron chi connectivity index (χ3n) is 2.72. The van der Waals surface area contributed by atoms with Crippen LogP contribution in [0.5, 0.6) is 11.5 Å². The maximum Gasteiger partial charge on any atom is 0.273 e. The molecule has 3 rings (SSSR count). The summed E-state index contributed by atoms with van der Waals surface area (Å²) in [5, 5.41) is 21.5.